The molecule has 1 rings (SSSR count). The Labute approximate surface area is 132 Å². The average molecular weight is 345 g/mol. The largest absolute Gasteiger partial charge is 0.394 e. The van der Waals surface area contributed by atoms with Gasteiger partial charge in [-0.25, -0.2) is 0 Å². The summed E-state index contributed by atoms with van der Waals surface area (Å²) in [6.07, 6.45) is -21.5. The van der Waals surface area contributed by atoms with E-state index in [0.29, 0.717) is 0 Å². The number of ether oxygens (including phenoxy) is 1. The van der Waals surface area contributed by atoms with E-state index < -0.39 is 74.2 Å². The SMILES string of the molecule is [2H]C1(C(O)[C@H](O)[C@@H](O)[C@H](O)[C@H](O)CO)O[C@H](CO)[C@H](O)[C@H](O)[C@H]1O. The molecule has 138 valence electrons. The molecule has 0 saturated carbocycles. The average Bonchev–Trinajstić information content (AvgIpc) is 2.59. The van der Waals surface area contributed by atoms with E-state index >= 15 is 0 Å². The smallest absolute Gasteiger partial charge is 0.115 e. The number of rotatable bonds is 7. The molecule has 11 nitrogen and oxygen atoms in total. The highest BCUT2D eigenvalue weighted by Crippen LogP contribution is 2.25. The number of hydrogen-bond donors (Lipinski definition) is 10. The van der Waals surface area contributed by atoms with Crippen LogP contribution in [0, 0.1) is 0 Å². The molecule has 1 fully saturated rings. The Bertz CT molecular complexity index is 399. The lowest BCUT2D eigenvalue weighted by Gasteiger charge is -2.43. The van der Waals surface area contributed by atoms with E-state index in [1.165, 1.54) is 0 Å². The van der Waals surface area contributed by atoms with Gasteiger partial charge >= 0.3 is 0 Å². The van der Waals surface area contributed by atoms with E-state index in [9.17, 15) is 40.9 Å². The molecule has 10 N–H and O–H groups in total. The van der Waals surface area contributed by atoms with Gasteiger partial charge < -0.3 is 55.8 Å². The molecule has 11 heteroatoms. The van der Waals surface area contributed by atoms with Gasteiger partial charge in [0.2, 0.25) is 0 Å². The summed E-state index contributed by atoms with van der Waals surface area (Å²) >= 11 is 0. The fourth-order valence-corrected chi connectivity index (χ4v) is 2.17. The van der Waals surface area contributed by atoms with E-state index in [-0.39, 0.29) is 0 Å². The summed E-state index contributed by atoms with van der Waals surface area (Å²) in [5.41, 5.74) is 0. The molecule has 23 heavy (non-hydrogen) atoms. The van der Waals surface area contributed by atoms with Crippen molar-refractivity contribution < 1.29 is 57.2 Å². The van der Waals surface area contributed by atoms with Crippen LogP contribution in [0.25, 0.3) is 0 Å². The van der Waals surface area contributed by atoms with Crippen LogP contribution in [0.1, 0.15) is 1.37 Å². The molecule has 0 aromatic heterocycles. The van der Waals surface area contributed by atoms with Gasteiger partial charge in [0.1, 0.15) is 61.0 Å². The van der Waals surface area contributed by atoms with Crippen molar-refractivity contribution in [1.29, 1.82) is 0 Å². The second-order valence-corrected chi connectivity index (χ2v) is 5.33. The van der Waals surface area contributed by atoms with Crippen LogP contribution in [-0.4, -0.2) is 125 Å². The summed E-state index contributed by atoms with van der Waals surface area (Å²) in [6.45, 7) is -1.85. The van der Waals surface area contributed by atoms with E-state index in [4.69, 9.17) is 16.3 Å². The summed E-state index contributed by atoms with van der Waals surface area (Å²) in [4.78, 5) is 0. The maximum Gasteiger partial charge on any atom is 0.115 e. The van der Waals surface area contributed by atoms with Crippen molar-refractivity contribution in [3.05, 3.63) is 0 Å². The third-order valence-corrected chi connectivity index (χ3v) is 3.71. The summed E-state index contributed by atoms with van der Waals surface area (Å²) in [7, 11) is 0. The van der Waals surface area contributed by atoms with E-state index in [2.05, 4.69) is 0 Å². The first-order valence-electron chi connectivity index (χ1n) is 7.37. The molecule has 0 radical (unpaired) electrons. The minimum absolute atomic E-state index is 0.886. The zero-order chi connectivity index (χ0) is 18.8. The minimum atomic E-state index is -2.88. The second-order valence-electron chi connectivity index (χ2n) is 5.33. The summed E-state index contributed by atoms with van der Waals surface area (Å²) in [5, 5.41) is 95.3. The first-order chi connectivity index (χ1) is 11.0. The Morgan fingerprint density at radius 3 is 1.87 bits per heavy atom. The van der Waals surface area contributed by atoms with Gasteiger partial charge in [0, 0.05) is 0 Å². The van der Waals surface area contributed by atoms with Gasteiger partial charge in [0.15, 0.2) is 0 Å². The van der Waals surface area contributed by atoms with Gasteiger partial charge in [-0.1, -0.05) is 0 Å². The monoisotopic (exact) mass is 345 g/mol. The molecule has 1 saturated heterocycles. The minimum Gasteiger partial charge on any atom is -0.394 e. The molecule has 2 unspecified atom stereocenters. The van der Waals surface area contributed by atoms with Crippen LogP contribution < -0.4 is 0 Å². The highest BCUT2D eigenvalue weighted by atomic mass is 16.6. The quantitative estimate of drug-likeness (QED) is 0.209. The van der Waals surface area contributed by atoms with Crippen molar-refractivity contribution >= 4 is 0 Å². The van der Waals surface area contributed by atoms with Crippen molar-refractivity contribution in [2.75, 3.05) is 13.2 Å². The Morgan fingerprint density at radius 2 is 1.39 bits per heavy atom. The topological polar surface area (TPSA) is 212 Å². The maximum absolute atomic E-state index is 10.1. The zero-order valence-electron chi connectivity index (χ0n) is 13.0. The molecule has 10 atom stereocenters. The molecule has 0 aromatic rings. The predicted octanol–water partition coefficient (Wildman–Crippen LogP) is -6.37. The van der Waals surface area contributed by atoms with E-state index in [0.717, 1.165) is 0 Å². The van der Waals surface area contributed by atoms with Crippen LogP contribution in [-0.2, 0) is 4.74 Å². The lowest BCUT2D eigenvalue weighted by atomic mass is 9.88. The van der Waals surface area contributed by atoms with Crippen molar-refractivity contribution in [3.8, 4) is 0 Å². The van der Waals surface area contributed by atoms with Gasteiger partial charge in [-0.2, -0.15) is 0 Å². The fourth-order valence-electron chi connectivity index (χ4n) is 2.17. The molecular weight excluding hydrogens is 320 g/mol. The first kappa shape index (κ1) is 18.9. The molecule has 0 amide bonds. The van der Waals surface area contributed by atoms with Gasteiger partial charge in [-0.05, 0) is 0 Å². The number of hydrogen-bond acceptors (Lipinski definition) is 11. The van der Waals surface area contributed by atoms with Crippen molar-refractivity contribution in [2.24, 2.45) is 0 Å². The standard InChI is InChI=1S/C12H24O11/c13-1-3(15)5(16)7(18)9(20)11(22)12-10(21)8(19)6(17)4(2-14)23-12/h3-22H,1-2H2/t3-,4-,5-,6+,7+,8+,9-,10-,11?,12?/m1/s1/i12D. The molecule has 0 aliphatic carbocycles. The van der Waals surface area contributed by atoms with Gasteiger partial charge in [0.25, 0.3) is 0 Å². The van der Waals surface area contributed by atoms with Gasteiger partial charge in [0.05, 0.1) is 14.6 Å². The highest BCUT2D eigenvalue weighted by Gasteiger charge is 2.49. The Morgan fingerprint density at radius 1 is 0.826 bits per heavy atom. The van der Waals surface area contributed by atoms with Crippen LogP contribution >= 0.6 is 0 Å². The third kappa shape index (κ3) is 4.35. The molecule has 0 bridgehead atoms. The number of aliphatic hydroxyl groups is 10. The van der Waals surface area contributed by atoms with E-state index in [1.807, 2.05) is 0 Å². The molecule has 0 spiro atoms. The maximum atomic E-state index is 10.1. The third-order valence-electron chi connectivity index (χ3n) is 3.71. The van der Waals surface area contributed by atoms with Crippen LogP contribution in [0.15, 0.2) is 0 Å². The Balaban J connectivity index is 2.99. The number of aliphatic hydroxyl groups excluding tert-OH is 10. The summed E-state index contributed by atoms with van der Waals surface area (Å²) < 4.78 is 12.8. The summed E-state index contributed by atoms with van der Waals surface area (Å²) in [5.74, 6) is 0. The van der Waals surface area contributed by atoms with Crippen molar-refractivity contribution in [1.82, 2.24) is 0 Å². The van der Waals surface area contributed by atoms with Crippen LogP contribution in [0.4, 0.5) is 0 Å². The lowest BCUT2D eigenvalue weighted by Crippen LogP contribution is -2.64. The molecular formula is C12H24O11. The van der Waals surface area contributed by atoms with Gasteiger partial charge in [-0.3, -0.25) is 0 Å². The Kier molecular flexibility index (Phi) is 7.06. The lowest BCUT2D eigenvalue weighted by molar-refractivity contribution is -0.264. The van der Waals surface area contributed by atoms with Crippen molar-refractivity contribution in [2.45, 2.75) is 61.0 Å². The van der Waals surface area contributed by atoms with E-state index in [1.54, 1.807) is 0 Å². The van der Waals surface area contributed by atoms with Crippen LogP contribution in [0.5, 0.6) is 0 Å². The van der Waals surface area contributed by atoms with Crippen LogP contribution in [0.3, 0.4) is 0 Å². The molecule has 1 heterocycles. The predicted molar refractivity (Wildman–Crippen MR) is 70.9 cm³/mol. The van der Waals surface area contributed by atoms with Crippen molar-refractivity contribution in [3.63, 3.8) is 0 Å². The zero-order valence-corrected chi connectivity index (χ0v) is 12.0. The van der Waals surface area contributed by atoms with Gasteiger partial charge in [-0.15, -0.1) is 0 Å². The summed E-state index contributed by atoms with van der Waals surface area (Å²) in [6, 6.07) is 0. The highest BCUT2D eigenvalue weighted by molar-refractivity contribution is 4.98. The second kappa shape index (κ2) is 8.60. The molecule has 1 aliphatic rings. The molecule has 0 aromatic carbocycles. The molecule has 1 aliphatic heterocycles. The first-order valence-corrected chi connectivity index (χ1v) is 6.87. The van der Waals surface area contributed by atoms with Crippen LogP contribution in [0.2, 0.25) is 0 Å². The fraction of sp³-hybridized carbons (Fsp3) is 1.00. The Hall–Kier alpha value is -0.440. The normalized spacial score (nSPS) is 42.4.